The molecule has 0 amide bonds. The molecule has 0 spiro atoms. The van der Waals surface area contributed by atoms with Crippen molar-refractivity contribution in [3.63, 3.8) is 0 Å². The number of para-hydroxylation sites is 1. The number of nitrogens with one attached hydrogen (secondary N) is 2. The van der Waals surface area contributed by atoms with E-state index >= 15 is 0 Å². The number of hydrogen-bond acceptors (Lipinski definition) is 6. The number of ether oxygens (including phenoxy) is 1. The first-order chi connectivity index (χ1) is 22.9. The van der Waals surface area contributed by atoms with Crippen molar-refractivity contribution in [2.24, 2.45) is 0 Å². The van der Waals surface area contributed by atoms with Gasteiger partial charge in [0.15, 0.2) is 5.49 Å². The summed E-state index contributed by atoms with van der Waals surface area (Å²) in [4.78, 5) is 7.18. The van der Waals surface area contributed by atoms with Crippen LogP contribution in [0, 0.1) is 12.3 Å². The Hall–Kier alpha value is -6.00. The van der Waals surface area contributed by atoms with Gasteiger partial charge >= 0.3 is 0 Å². The maximum absolute atomic E-state index is 13.5. The van der Waals surface area contributed by atoms with Gasteiger partial charge in [-0.3, -0.25) is 5.41 Å². The van der Waals surface area contributed by atoms with Gasteiger partial charge in [0, 0.05) is 22.9 Å². The Bertz CT molecular complexity index is 2460. The Kier molecular flexibility index (Phi) is 6.73. The lowest BCUT2D eigenvalue weighted by molar-refractivity contribution is 0.427. The van der Waals surface area contributed by atoms with Crippen molar-refractivity contribution >= 4 is 20.8 Å². The van der Waals surface area contributed by atoms with E-state index in [0.717, 1.165) is 49.1 Å². The fourth-order valence-corrected chi connectivity index (χ4v) is 7.13. The molecule has 1 aliphatic rings. The molecule has 1 aliphatic heterocycles. The monoisotopic (exact) mass is 636 g/mol. The molecule has 0 radical (unpaired) electrons. The van der Waals surface area contributed by atoms with Gasteiger partial charge in [0.1, 0.15) is 12.1 Å². The minimum absolute atomic E-state index is 0.0763. The fourth-order valence-electron chi connectivity index (χ4n) is 6.13. The number of nitrogens with zero attached hydrogens (tertiary/aromatic N) is 4. The predicted molar refractivity (Wildman–Crippen MR) is 180 cm³/mol. The molecule has 0 bridgehead atoms. The quantitative estimate of drug-likeness (QED) is 0.206. The second-order valence-corrected chi connectivity index (χ2v) is 13.1. The highest BCUT2D eigenvalue weighted by atomic mass is 32.2. The highest BCUT2D eigenvalue weighted by Crippen LogP contribution is 2.49. The van der Waals surface area contributed by atoms with Crippen molar-refractivity contribution in [1.82, 2.24) is 19.4 Å². The zero-order valence-corrected chi connectivity index (χ0v) is 26.0. The third-order valence-corrected chi connectivity index (χ3v) is 9.73. The second kappa shape index (κ2) is 11.1. The van der Waals surface area contributed by atoms with Crippen molar-refractivity contribution in [3.8, 4) is 28.6 Å². The van der Waals surface area contributed by atoms with Gasteiger partial charge in [0.05, 0.1) is 27.8 Å². The van der Waals surface area contributed by atoms with Gasteiger partial charge in [-0.2, -0.15) is 13.5 Å². The molecule has 1 atom stereocenters. The Morgan fingerprint density at radius 3 is 2.28 bits per heavy atom. The third-order valence-electron chi connectivity index (χ3n) is 8.40. The van der Waals surface area contributed by atoms with Gasteiger partial charge in [-0.05, 0) is 48.0 Å². The van der Waals surface area contributed by atoms with Crippen LogP contribution in [0.25, 0.3) is 27.7 Å². The molecule has 0 saturated heterocycles. The van der Waals surface area contributed by atoms with Crippen molar-refractivity contribution in [2.45, 2.75) is 17.7 Å². The van der Waals surface area contributed by atoms with Crippen molar-refractivity contribution in [2.75, 3.05) is 4.83 Å². The predicted octanol–water partition coefficient (Wildman–Crippen LogP) is 6.90. The number of aromatic nitrogens is 4. The summed E-state index contributed by atoms with van der Waals surface area (Å²) >= 11 is 0. The molecule has 47 heavy (non-hydrogen) atoms. The van der Waals surface area contributed by atoms with Crippen LogP contribution in [0.3, 0.4) is 0 Å². The Morgan fingerprint density at radius 2 is 1.51 bits per heavy atom. The van der Waals surface area contributed by atoms with Crippen LogP contribution in [0.5, 0.6) is 11.6 Å². The van der Waals surface area contributed by atoms with E-state index in [2.05, 4.69) is 9.82 Å². The normalized spacial score (nSPS) is 13.9. The number of sulfonamides is 1. The summed E-state index contributed by atoms with van der Waals surface area (Å²) in [5, 5.41) is 16.5. The van der Waals surface area contributed by atoms with E-state index in [-0.39, 0.29) is 16.3 Å². The highest BCUT2D eigenvalue weighted by molar-refractivity contribution is 7.92. The van der Waals surface area contributed by atoms with E-state index in [1.165, 1.54) is 18.5 Å². The van der Waals surface area contributed by atoms with Crippen LogP contribution in [-0.2, 0) is 10.0 Å². The summed E-state index contributed by atoms with van der Waals surface area (Å²) in [6.45, 7) is 1.89. The first kappa shape index (κ1) is 28.5. The van der Waals surface area contributed by atoms with Crippen LogP contribution in [-0.4, -0.2) is 27.9 Å². The van der Waals surface area contributed by atoms with Gasteiger partial charge in [0.2, 0.25) is 5.88 Å². The molecule has 0 aliphatic carbocycles. The molecule has 0 fully saturated rings. The topological polar surface area (TPSA) is 115 Å². The first-order valence-corrected chi connectivity index (χ1v) is 16.5. The van der Waals surface area contributed by atoms with Crippen LogP contribution in [0.15, 0.2) is 139 Å². The molecule has 3 heterocycles. The van der Waals surface area contributed by atoms with E-state index in [1.54, 1.807) is 12.1 Å². The third kappa shape index (κ3) is 4.95. The average Bonchev–Trinajstić information content (AvgIpc) is 3.55. The zero-order chi connectivity index (χ0) is 32.1. The molecule has 0 saturated carbocycles. The summed E-state index contributed by atoms with van der Waals surface area (Å²) in [7, 11) is -4.04. The Balaban J connectivity index is 1.39. The van der Waals surface area contributed by atoms with Gasteiger partial charge in [-0.25, -0.2) is 19.2 Å². The van der Waals surface area contributed by atoms with Gasteiger partial charge in [-0.15, -0.1) is 0 Å². The maximum atomic E-state index is 13.5. The maximum Gasteiger partial charge on any atom is 0.275 e. The molecular formula is C37H28N6O3S. The highest BCUT2D eigenvalue weighted by Gasteiger charge is 2.37. The van der Waals surface area contributed by atoms with Crippen LogP contribution in [0.4, 0.5) is 0 Å². The minimum Gasteiger partial charge on any atom is -0.438 e. The standard InChI is InChI=1S/C37H28N6O3S/c1-24-16-19-28(20-17-24)47(44,45)41-43-23-39-37-34(36(43)38)33(32-29-15-9-8-10-25(29)18-21-31(32)46-37)30-22-42(27-13-6-3-7-14-27)40-35(30)26-11-4-2-5-12-26/h2-23,33,38,41H,1H3. The number of hydrogen-bond donors (Lipinski definition) is 2. The summed E-state index contributed by atoms with van der Waals surface area (Å²) in [5.74, 6) is 0.237. The Morgan fingerprint density at radius 1 is 0.809 bits per heavy atom. The number of fused-ring (bicyclic) bond motifs is 4. The second-order valence-electron chi connectivity index (χ2n) is 11.4. The van der Waals surface area contributed by atoms with Gasteiger partial charge < -0.3 is 4.74 Å². The smallest absolute Gasteiger partial charge is 0.275 e. The van der Waals surface area contributed by atoms with Gasteiger partial charge in [0.25, 0.3) is 10.0 Å². The molecular weight excluding hydrogens is 609 g/mol. The molecule has 230 valence electrons. The largest absolute Gasteiger partial charge is 0.438 e. The number of rotatable bonds is 6. The average molecular weight is 637 g/mol. The summed E-state index contributed by atoms with van der Waals surface area (Å²) in [5.41, 5.74) is 5.39. The van der Waals surface area contributed by atoms with Crippen molar-refractivity contribution < 1.29 is 13.2 Å². The molecule has 1 unspecified atom stereocenters. The van der Waals surface area contributed by atoms with Crippen LogP contribution >= 0.6 is 0 Å². The fraction of sp³-hybridized carbons (Fsp3) is 0.0541. The molecule has 10 heteroatoms. The molecule has 2 aromatic heterocycles. The summed E-state index contributed by atoms with van der Waals surface area (Å²) in [6.07, 6.45) is 3.25. The van der Waals surface area contributed by atoms with E-state index in [1.807, 2.05) is 115 Å². The molecule has 5 aromatic carbocycles. The lowest BCUT2D eigenvalue weighted by atomic mass is 9.81. The molecule has 2 N–H and O–H groups in total. The first-order valence-electron chi connectivity index (χ1n) is 15.0. The van der Waals surface area contributed by atoms with Gasteiger partial charge in [-0.1, -0.05) is 96.6 Å². The lowest BCUT2D eigenvalue weighted by Crippen LogP contribution is -2.37. The van der Waals surface area contributed by atoms with Crippen molar-refractivity contribution in [3.05, 3.63) is 162 Å². The summed E-state index contributed by atoms with van der Waals surface area (Å²) < 4.78 is 36.3. The number of aryl methyl sites for hydroxylation is 1. The summed E-state index contributed by atoms with van der Waals surface area (Å²) in [6, 6.07) is 38.2. The molecule has 9 nitrogen and oxygen atoms in total. The van der Waals surface area contributed by atoms with Crippen LogP contribution in [0.1, 0.15) is 28.2 Å². The lowest BCUT2D eigenvalue weighted by Gasteiger charge is -2.29. The van der Waals surface area contributed by atoms with Crippen LogP contribution < -0.4 is 15.1 Å². The Labute approximate surface area is 270 Å². The van der Waals surface area contributed by atoms with Crippen LogP contribution in [0.2, 0.25) is 0 Å². The van der Waals surface area contributed by atoms with Crippen molar-refractivity contribution in [1.29, 1.82) is 5.41 Å². The van der Waals surface area contributed by atoms with E-state index < -0.39 is 15.9 Å². The van der Waals surface area contributed by atoms with E-state index in [0.29, 0.717) is 11.3 Å². The van der Waals surface area contributed by atoms with E-state index in [4.69, 9.17) is 9.84 Å². The molecule has 7 aromatic rings. The number of benzene rings is 5. The SMILES string of the molecule is Cc1ccc(S(=O)(=O)Nn2cnc3c(c2=N)C(c2cn(-c4ccccc4)nc2-c2ccccc2)c2c(ccc4ccccc24)O3)cc1. The zero-order valence-electron chi connectivity index (χ0n) is 25.2. The minimum atomic E-state index is -4.04. The molecule has 8 rings (SSSR count). The van der Waals surface area contributed by atoms with E-state index in [9.17, 15) is 13.8 Å².